The summed E-state index contributed by atoms with van der Waals surface area (Å²) in [5.74, 6) is -0.190. The van der Waals surface area contributed by atoms with Crippen LogP contribution in [-0.4, -0.2) is 21.0 Å². The molecule has 0 saturated heterocycles. The monoisotopic (exact) mass is 269 g/mol. The average molecular weight is 269 g/mol. The van der Waals surface area contributed by atoms with Crippen LogP contribution in [0.4, 0.5) is 5.95 Å². The Kier molecular flexibility index (Phi) is 2.89. The highest BCUT2D eigenvalue weighted by Gasteiger charge is 2.22. The number of benzene rings is 1. The standard InChI is InChI=1S/C15H15N3O2/c1-9-5-10(2)17-15(16-9)18-7-12-4-3-11(14(19)20)6-13(12)8-18/h3-6H,7-8H2,1-2H3,(H,19,20). The van der Waals surface area contributed by atoms with E-state index in [9.17, 15) is 4.79 Å². The maximum Gasteiger partial charge on any atom is 0.335 e. The highest BCUT2D eigenvalue weighted by Crippen LogP contribution is 2.27. The molecule has 0 radical (unpaired) electrons. The maximum absolute atomic E-state index is 11.0. The maximum atomic E-state index is 11.0. The third-order valence-electron chi connectivity index (χ3n) is 3.43. The molecule has 0 unspecified atom stereocenters. The zero-order valence-corrected chi connectivity index (χ0v) is 11.4. The van der Waals surface area contributed by atoms with Crippen molar-refractivity contribution < 1.29 is 9.90 Å². The molecule has 1 aliphatic heterocycles. The number of fused-ring (bicyclic) bond motifs is 1. The summed E-state index contributed by atoms with van der Waals surface area (Å²) in [5, 5.41) is 9.03. The highest BCUT2D eigenvalue weighted by molar-refractivity contribution is 5.88. The summed E-state index contributed by atoms with van der Waals surface area (Å²) in [7, 11) is 0. The van der Waals surface area contributed by atoms with Crippen molar-refractivity contribution in [2.75, 3.05) is 4.90 Å². The van der Waals surface area contributed by atoms with E-state index < -0.39 is 5.97 Å². The van der Waals surface area contributed by atoms with Gasteiger partial charge in [-0.25, -0.2) is 14.8 Å². The first kappa shape index (κ1) is 12.6. The van der Waals surface area contributed by atoms with Crippen molar-refractivity contribution in [2.45, 2.75) is 26.9 Å². The Hall–Kier alpha value is -2.43. The van der Waals surface area contributed by atoms with E-state index in [2.05, 4.69) is 14.9 Å². The number of aromatic nitrogens is 2. The number of aryl methyl sites for hydroxylation is 2. The van der Waals surface area contributed by atoms with Crippen LogP contribution in [0.25, 0.3) is 0 Å². The van der Waals surface area contributed by atoms with Crippen molar-refractivity contribution in [1.82, 2.24) is 9.97 Å². The minimum absolute atomic E-state index is 0.326. The quantitative estimate of drug-likeness (QED) is 0.906. The smallest absolute Gasteiger partial charge is 0.335 e. The molecule has 5 heteroatoms. The molecule has 102 valence electrons. The molecule has 20 heavy (non-hydrogen) atoms. The van der Waals surface area contributed by atoms with Gasteiger partial charge in [0.25, 0.3) is 0 Å². The first-order valence-electron chi connectivity index (χ1n) is 6.45. The largest absolute Gasteiger partial charge is 0.478 e. The lowest BCUT2D eigenvalue weighted by Crippen LogP contribution is -2.18. The molecule has 0 amide bonds. The van der Waals surface area contributed by atoms with Crippen LogP contribution < -0.4 is 4.90 Å². The van der Waals surface area contributed by atoms with Crippen LogP contribution in [0.1, 0.15) is 32.9 Å². The molecule has 1 N–H and O–H groups in total. The van der Waals surface area contributed by atoms with Gasteiger partial charge in [-0.1, -0.05) is 6.07 Å². The Morgan fingerprint density at radius 1 is 1.10 bits per heavy atom. The Labute approximate surface area is 116 Å². The second kappa shape index (κ2) is 4.59. The number of anilines is 1. The van der Waals surface area contributed by atoms with Crippen LogP contribution in [0, 0.1) is 13.8 Å². The van der Waals surface area contributed by atoms with E-state index in [0.29, 0.717) is 18.1 Å². The zero-order valence-electron chi connectivity index (χ0n) is 11.4. The van der Waals surface area contributed by atoms with Crippen LogP contribution >= 0.6 is 0 Å². The van der Waals surface area contributed by atoms with Crippen molar-refractivity contribution in [3.63, 3.8) is 0 Å². The number of carboxylic acids is 1. The topological polar surface area (TPSA) is 66.3 Å². The van der Waals surface area contributed by atoms with Gasteiger partial charge in [0, 0.05) is 24.5 Å². The van der Waals surface area contributed by atoms with E-state index in [1.165, 1.54) is 0 Å². The van der Waals surface area contributed by atoms with E-state index in [1.54, 1.807) is 12.1 Å². The third-order valence-corrected chi connectivity index (χ3v) is 3.43. The molecule has 2 aromatic rings. The molecule has 0 saturated carbocycles. The molecule has 3 rings (SSSR count). The molecule has 0 aliphatic carbocycles. The van der Waals surface area contributed by atoms with E-state index in [1.807, 2.05) is 26.0 Å². The summed E-state index contributed by atoms with van der Waals surface area (Å²) in [6.45, 7) is 5.27. The number of rotatable bonds is 2. The fraction of sp³-hybridized carbons (Fsp3) is 0.267. The van der Waals surface area contributed by atoms with E-state index in [0.717, 1.165) is 29.1 Å². The van der Waals surface area contributed by atoms with E-state index in [-0.39, 0.29) is 0 Å². The summed E-state index contributed by atoms with van der Waals surface area (Å²) in [5.41, 5.74) is 4.38. The van der Waals surface area contributed by atoms with Crippen LogP contribution in [0.15, 0.2) is 24.3 Å². The zero-order chi connectivity index (χ0) is 14.3. The molecular formula is C15H15N3O2. The number of carboxylic acid groups (broad SMARTS) is 1. The molecule has 0 atom stereocenters. The van der Waals surface area contributed by atoms with Gasteiger partial charge in [-0.2, -0.15) is 0 Å². The first-order chi connectivity index (χ1) is 9.52. The molecule has 1 aromatic carbocycles. The van der Waals surface area contributed by atoms with Gasteiger partial charge in [-0.3, -0.25) is 0 Å². The third kappa shape index (κ3) is 2.22. The van der Waals surface area contributed by atoms with Crippen molar-refractivity contribution in [1.29, 1.82) is 0 Å². The predicted molar refractivity (Wildman–Crippen MR) is 74.8 cm³/mol. The molecule has 0 spiro atoms. The number of aromatic carboxylic acids is 1. The molecule has 1 aromatic heterocycles. The van der Waals surface area contributed by atoms with Gasteiger partial charge in [0.05, 0.1) is 5.56 Å². The average Bonchev–Trinajstić information content (AvgIpc) is 2.80. The first-order valence-corrected chi connectivity index (χ1v) is 6.45. The van der Waals surface area contributed by atoms with Gasteiger partial charge in [0.15, 0.2) is 0 Å². The Morgan fingerprint density at radius 2 is 1.75 bits per heavy atom. The number of nitrogens with zero attached hydrogens (tertiary/aromatic N) is 3. The van der Waals surface area contributed by atoms with Gasteiger partial charge in [0.2, 0.25) is 5.95 Å². The SMILES string of the molecule is Cc1cc(C)nc(N2Cc3ccc(C(=O)O)cc3C2)n1. The van der Waals surface area contributed by atoms with Crippen molar-refractivity contribution in [3.8, 4) is 0 Å². The number of hydrogen-bond donors (Lipinski definition) is 1. The molecular weight excluding hydrogens is 254 g/mol. The van der Waals surface area contributed by atoms with Gasteiger partial charge in [-0.15, -0.1) is 0 Å². The Balaban J connectivity index is 1.91. The molecule has 2 heterocycles. The summed E-state index contributed by atoms with van der Waals surface area (Å²) >= 11 is 0. The predicted octanol–water partition coefficient (Wildman–Crippen LogP) is 2.31. The lowest BCUT2D eigenvalue weighted by atomic mass is 10.1. The normalized spacial score (nSPS) is 13.4. The van der Waals surface area contributed by atoms with Gasteiger partial charge < -0.3 is 10.0 Å². The van der Waals surface area contributed by atoms with E-state index in [4.69, 9.17) is 5.11 Å². The minimum Gasteiger partial charge on any atom is -0.478 e. The Morgan fingerprint density at radius 3 is 2.40 bits per heavy atom. The van der Waals surface area contributed by atoms with Gasteiger partial charge >= 0.3 is 5.97 Å². The fourth-order valence-electron chi connectivity index (χ4n) is 2.52. The van der Waals surface area contributed by atoms with E-state index >= 15 is 0 Å². The van der Waals surface area contributed by atoms with Gasteiger partial charge in [-0.05, 0) is 43.2 Å². The second-order valence-corrected chi connectivity index (χ2v) is 5.10. The van der Waals surface area contributed by atoms with Crippen LogP contribution in [0.2, 0.25) is 0 Å². The van der Waals surface area contributed by atoms with Crippen LogP contribution in [0.3, 0.4) is 0 Å². The summed E-state index contributed by atoms with van der Waals surface area (Å²) in [6, 6.07) is 7.20. The van der Waals surface area contributed by atoms with Gasteiger partial charge in [0.1, 0.15) is 0 Å². The van der Waals surface area contributed by atoms with Crippen molar-refractivity contribution in [3.05, 3.63) is 52.3 Å². The molecule has 0 fully saturated rings. The lowest BCUT2D eigenvalue weighted by molar-refractivity contribution is 0.0697. The number of carbonyl (C=O) groups is 1. The van der Waals surface area contributed by atoms with Crippen LogP contribution in [-0.2, 0) is 13.1 Å². The molecule has 5 nitrogen and oxygen atoms in total. The highest BCUT2D eigenvalue weighted by atomic mass is 16.4. The fourth-order valence-corrected chi connectivity index (χ4v) is 2.52. The Bertz CT molecular complexity index is 677. The van der Waals surface area contributed by atoms with Crippen molar-refractivity contribution >= 4 is 11.9 Å². The summed E-state index contributed by atoms with van der Waals surface area (Å²) in [4.78, 5) is 22.0. The minimum atomic E-state index is -0.895. The summed E-state index contributed by atoms with van der Waals surface area (Å²) < 4.78 is 0. The number of hydrogen-bond acceptors (Lipinski definition) is 4. The lowest BCUT2D eigenvalue weighted by Gasteiger charge is -2.15. The molecule has 1 aliphatic rings. The summed E-state index contributed by atoms with van der Waals surface area (Å²) in [6.07, 6.45) is 0. The van der Waals surface area contributed by atoms with Crippen molar-refractivity contribution in [2.24, 2.45) is 0 Å². The van der Waals surface area contributed by atoms with Crippen LogP contribution in [0.5, 0.6) is 0 Å². The molecule has 0 bridgehead atoms. The second-order valence-electron chi connectivity index (χ2n) is 5.10.